The van der Waals surface area contributed by atoms with Gasteiger partial charge in [-0.2, -0.15) is 5.10 Å². The molecule has 1 aliphatic carbocycles. The van der Waals surface area contributed by atoms with Gasteiger partial charge in [0.2, 0.25) is 0 Å². The lowest BCUT2D eigenvalue weighted by molar-refractivity contribution is 0.0945. The molecule has 1 N–H and O–H groups in total. The Kier molecular flexibility index (Phi) is 4.60. The van der Waals surface area contributed by atoms with E-state index in [-0.39, 0.29) is 5.91 Å². The first-order valence-electron chi connectivity index (χ1n) is 10.1. The van der Waals surface area contributed by atoms with E-state index in [0.717, 1.165) is 61.7 Å². The van der Waals surface area contributed by atoms with Gasteiger partial charge in [-0.1, -0.05) is 24.3 Å². The lowest BCUT2D eigenvalue weighted by Gasteiger charge is -2.27. The molecule has 1 fully saturated rings. The Balaban J connectivity index is 1.25. The van der Waals surface area contributed by atoms with Gasteiger partial charge in [0, 0.05) is 49.2 Å². The summed E-state index contributed by atoms with van der Waals surface area (Å²) in [4.78, 5) is 23.7. The Morgan fingerprint density at radius 2 is 1.97 bits per heavy atom. The van der Waals surface area contributed by atoms with Crippen molar-refractivity contribution < 1.29 is 4.79 Å². The van der Waals surface area contributed by atoms with Crippen LogP contribution in [-0.4, -0.2) is 43.1 Å². The molecular weight excluding hydrogens is 364 g/mol. The molecule has 5 rings (SSSR count). The molecule has 0 saturated heterocycles. The molecule has 7 nitrogen and oxygen atoms in total. The van der Waals surface area contributed by atoms with Crippen molar-refractivity contribution in [2.75, 3.05) is 6.54 Å². The van der Waals surface area contributed by atoms with Crippen molar-refractivity contribution >= 4 is 5.91 Å². The van der Waals surface area contributed by atoms with Gasteiger partial charge in [-0.3, -0.25) is 14.4 Å². The predicted octanol–water partition coefficient (Wildman–Crippen LogP) is 2.56. The lowest BCUT2D eigenvalue weighted by Crippen LogP contribution is -2.33. The monoisotopic (exact) mass is 388 g/mol. The van der Waals surface area contributed by atoms with Crippen molar-refractivity contribution in [3.63, 3.8) is 0 Å². The fraction of sp³-hybridized carbons (Fsp3) is 0.364. The van der Waals surface area contributed by atoms with E-state index in [0.29, 0.717) is 11.7 Å². The average molecular weight is 388 g/mol. The number of benzene rings is 1. The normalized spacial score (nSPS) is 16.4. The number of carbonyl (C=O) groups is 1. The summed E-state index contributed by atoms with van der Waals surface area (Å²) in [6.45, 7) is 5.29. The van der Waals surface area contributed by atoms with E-state index in [2.05, 4.69) is 38.3 Å². The summed E-state index contributed by atoms with van der Waals surface area (Å²) < 4.78 is 1.95. The molecule has 1 aromatic carbocycles. The van der Waals surface area contributed by atoms with Crippen LogP contribution in [0.5, 0.6) is 0 Å². The van der Waals surface area contributed by atoms with E-state index >= 15 is 0 Å². The van der Waals surface area contributed by atoms with Crippen LogP contribution in [0.2, 0.25) is 0 Å². The second kappa shape index (κ2) is 7.40. The predicted molar refractivity (Wildman–Crippen MR) is 109 cm³/mol. The molecule has 148 valence electrons. The highest BCUT2D eigenvalue weighted by atomic mass is 16.2. The first-order chi connectivity index (χ1) is 14.2. The van der Waals surface area contributed by atoms with Gasteiger partial charge in [-0.05, 0) is 31.4 Å². The summed E-state index contributed by atoms with van der Waals surface area (Å²) in [5.74, 6) is 0.705. The third-order valence-corrected chi connectivity index (χ3v) is 5.52. The largest absolute Gasteiger partial charge is 0.348 e. The van der Waals surface area contributed by atoms with Gasteiger partial charge in [0.15, 0.2) is 11.5 Å². The number of amides is 1. The highest BCUT2D eigenvalue weighted by Crippen LogP contribution is 2.21. The highest BCUT2D eigenvalue weighted by Gasteiger charge is 2.26. The fourth-order valence-corrected chi connectivity index (χ4v) is 3.71. The van der Waals surface area contributed by atoms with Gasteiger partial charge in [-0.25, -0.2) is 9.97 Å². The van der Waals surface area contributed by atoms with E-state index < -0.39 is 0 Å². The molecule has 3 aromatic rings. The van der Waals surface area contributed by atoms with E-state index in [9.17, 15) is 4.79 Å². The second-order valence-electron chi connectivity index (χ2n) is 7.93. The molecule has 0 atom stereocenters. The average Bonchev–Trinajstić information content (AvgIpc) is 3.44. The van der Waals surface area contributed by atoms with Crippen molar-refractivity contribution in [1.82, 2.24) is 30.0 Å². The Bertz CT molecular complexity index is 1040. The number of hydrogen-bond donors (Lipinski definition) is 1. The van der Waals surface area contributed by atoms with Crippen LogP contribution in [0.1, 0.15) is 40.2 Å². The lowest BCUT2D eigenvalue weighted by atomic mass is 10.1. The first-order valence-corrected chi connectivity index (χ1v) is 10.1. The summed E-state index contributed by atoms with van der Waals surface area (Å²) in [7, 11) is 0. The zero-order valence-corrected chi connectivity index (χ0v) is 16.5. The zero-order chi connectivity index (χ0) is 19.8. The molecule has 0 spiro atoms. The third kappa shape index (κ3) is 3.91. The molecule has 1 saturated carbocycles. The van der Waals surface area contributed by atoms with Gasteiger partial charge in [0.05, 0.1) is 12.2 Å². The number of nitrogens with one attached hydrogen (secondary N) is 1. The number of aryl methyl sites for hydroxylation is 1. The third-order valence-electron chi connectivity index (χ3n) is 5.52. The van der Waals surface area contributed by atoms with E-state index in [1.807, 2.05) is 41.3 Å². The fourth-order valence-electron chi connectivity index (χ4n) is 3.71. The summed E-state index contributed by atoms with van der Waals surface area (Å²) >= 11 is 0. The highest BCUT2D eigenvalue weighted by molar-refractivity contribution is 5.92. The second-order valence-corrected chi connectivity index (χ2v) is 7.93. The van der Waals surface area contributed by atoms with Crippen LogP contribution in [0.4, 0.5) is 0 Å². The van der Waals surface area contributed by atoms with Crippen molar-refractivity contribution in [1.29, 1.82) is 0 Å². The SMILES string of the molecule is Cc1ccccc1-c1ncc(CN2CCn3nc(C(=O)NC4CC4)cc3C2)cn1. The number of rotatable bonds is 5. The maximum absolute atomic E-state index is 12.2. The van der Waals surface area contributed by atoms with Gasteiger partial charge < -0.3 is 5.32 Å². The Labute approximate surface area is 169 Å². The smallest absolute Gasteiger partial charge is 0.272 e. The van der Waals surface area contributed by atoms with E-state index in [1.165, 1.54) is 5.56 Å². The summed E-state index contributed by atoms with van der Waals surface area (Å²) in [5.41, 5.74) is 4.93. The number of carbonyl (C=O) groups excluding carboxylic acids is 1. The molecule has 3 heterocycles. The maximum Gasteiger partial charge on any atom is 0.272 e. The molecule has 0 radical (unpaired) electrons. The van der Waals surface area contributed by atoms with Gasteiger partial charge >= 0.3 is 0 Å². The van der Waals surface area contributed by atoms with Crippen LogP contribution in [-0.2, 0) is 19.6 Å². The van der Waals surface area contributed by atoms with Gasteiger partial charge in [-0.15, -0.1) is 0 Å². The van der Waals surface area contributed by atoms with Crippen LogP contribution in [0, 0.1) is 6.92 Å². The molecule has 29 heavy (non-hydrogen) atoms. The zero-order valence-electron chi connectivity index (χ0n) is 16.5. The van der Waals surface area contributed by atoms with Gasteiger partial charge in [0.1, 0.15) is 0 Å². The topological polar surface area (TPSA) is 75.9 Å². The molecule has 0 unspecified atom stereocenters. The quantitative estimate of drug-likeness (QED) is 0.727. The molecule has 2 aromatic heterocycles. The molecule has 1 amide bonds. The molecule has 0 bridgehead atoms. The number of fused-ring (bicyclic) bond motifs is 1. The summed E-state index contributed by atoms with van der Waals surface area (Å²) in [6, 6.07) is 10.4. The van der Waals surface area contributed by atoms with Crippen molar-refractivity contribution in [2.24, 2.45) is 0 Å². The van der Waals surface area contributed by atoms with E-state index in [1.54, 1.807) is 0 Å². The molecule has 2 aliphatic rings. The minimum Gasteiger partial charge on any atom is -0.348 e. The molecular formula is C22H24N6O. The van der Waals surface area contributed by atoms with Crippen LogP contribution >= 0.6 is 0 Å². The minimum absolute atomic E-state index is 0.0545. The van der Waals surface area contributed by atoms with Crippen LogP contribution < -0.4 is 5.32 Å². The summed E-state index contributed by atoms with van der Waals surface area (Å²) in [5, 5.41) is 7.49. The van der Waals surface area contributed by atoms with Gasteiger partial charge in [0.25, 0.3) is 5.91 Å². The standard InChI is InChI=1S/C22H24N6O/c1-15-4-2-3-5-19(15)21-23-11-16(12-24-21)13-27-8-9-28-18(14-27)10-20(26-28)22(29)25-17-6-7-17/h2-5,10-12,17H,6-9,13-14H2,1H3,(H,25,29). The number of hydrogen-bond acceptors (Lipinski definition) is 5. The van der Waals surface area contributed by atoms with Crippen LogP contribution in [0.3, 0.4) is 0 Å². The van der Waals surface area contributed by atoms with Crippen LogP contribution in [0.15, 0.2) is 42.7 Å². The maximum atomic E-state index is 12.2. The molecule has 7 heteroatoms. The Morgan fingerprint density at radius 3 is 2.72 bits per heavy atom. The minimum atomic E-state index is -0.0545. The van der Waals surface area contributed by atoms with Crippen molar-refractivity contribution in [3.8, 4) is 11.4 Å². The molecule has 1 aliphatic heterocycles. The summed E-state index contributed by atoms with van der Waals surface area (Å²) in [6.07, 6.45) is 5.99. The Morgan fingerprint density at radius 1 is 1.17 bits per heavy atom. The number of aromatic nitrogens is 4. The van der Waals surface area contributed by atoms with E-state index in [4.69, 9.17) is 0 Å². The van der Waals surface area contributed by atoms with Crippen LogP contribution in [0.25, 0.3) is 11.4 Å². The Hall–Kier alpha value is -3.06. The number of nitrogens with zero attached hydrogens (tertiary/aromatic N) is 5. The van der Waals surface area contributed by atoms with Crippen molar-refractivity contribution in [3.05, 3.63) is 65.2 Å². The first kappa shape index (κ1) is 18.0. The van der Waals surface area contributed by atoms with Crippen molar-refractivity contribution in [2.45, 2.75) is 45.4 Å².